The van der Waals surface area contributed by atoms with E-state index in [1.54, 1.807) is 4.90 Å². The number of carboxylic acids is 1. The molecule has 21 heavy (non-hydrogen) atoms. The normalized spacial score (nSPS) is 20.0. The first-order valence-corrected chi connectivity index (χ1v) is 7.36. The molecule has 2 unspecified atom stereocenters. The molecule has 0 aliphatic carbocycles. The van der Waals surface area contributed by atoms with Crippen LogP contribution < -0.4 is 5.73 Å². The van der Waals surface area contributed by atoms with Crippen molar-refractivity contribution in [3.05, 3.63) is 35.9 Å². The average Bonchev–Trinajstić information content (AvgIpc) is 2.47. The Kier molecular flexibility index (Phi) is 5.33. The molecular weight excluding hydrogens is 268 g/mol. The number of carbonyl (C=O) groups is 2. The maximum atomic E-state index is 12.4. The van der Waals surface area contributed by atoms with Crippen molar-refractivity contribution in [3.63, 3.8) is 0 Å². The lowest BCUT2D eigenvalue weighted by Crippen LogP contribution is -2.49. The number of likely N-dealkylation sites (tertiary alicyclic amines) is 1. The molecule has 3 N–H and O–H groups in total. The van der Waals surface area contributed by atoms with E-state index in [4.69, 9.17) is 10.8 Å². The number of nitrogens with zero attached hydrogens (tertiary/aromatic N) is 1. The van der Waals surface area contributed by atoms with Crippen molar-refractivity contribution < 1.29 is 14.7 Å². The van der Waals surface area contributed by atoms with Gasteiger partial charge in [0.05, 0.1) is 6.04 Å². The molecule has 1 heterocycles. The smallest absolute Gasteiger partial charge is 0.303 e. The quantitative estimate of drug-likeness (QED) is 0.855. The van der Waals surface area contributed by atoms with E-state index in [0.29, 0.717) is 19.5 Å². The van der Waals surface area contributed by atoms with Gasteiger partial charge in [-0.3, -0.25) is 9.59 Å². The van der Waals surface area contributed by atoms with Crippen LogP contribution in [0.2, 0.25) is 0 Å². The highest BCUT2D eigenvalue weighted by Gasteiger charge is 2.28. The highest BCUT2D eigenvalue weighted by atomic mass is 16.4. The molecule has 0 bridgehead atoms. The Balaban J connectivity index is 1.91. The average molecular weight is 290 g/mol. The summed E-state index contributed by atoms with van der Waals surface area (Å²) in [5.41, 5.74) is 7.06. The first-order valence-electron chi connectivity index (χ1n) is 7.36. The zero-order valence-electron chi connectivity index (χ0n) is 12.1. The zero-order valence-corrected chi connectivity index (χ0v) is 12.1. The van der Waals surface area contributed by atoms with E-state index in [0.717, 1.165) is 18.4 Å². The largest absolute Gasteiger partial charge is 0.481 e. The third-order valence-corrected chi connectivity index (χ3v) is 3.91. The summed E-state index contributed by atoms with van der Waals surface area (Å²) in [6.45, 7) is 1.19. The van der Waals surface area contributed by atoms with Crippen LogP contribution in [-0.4, -0.2) is 41.0 Å². The van der Waals surface area contributed by atoms with E-state index < -0.39 is 12.0 Å². The van der Waals surface area contributed by atoms with Crippen LogP contribution in [0, 0.1) is 5.92 Å². The summed E-state index contributed by atoms with van der Waals surface area (Å²) < 4.78 is 0. The van der Waals surface area contributed by atoms with Crippen LogP contribution in [0.25, 0.3) is 0 Å². The number of benzene rings is 1. The highest BCUT2D eigenvalue weighted by molar-refractivity contribution is 5.82. The van der Waals surface area contributed by atoms with Crippen LogP contribution in [0.4, 0.5) is 0 Å². The minimum Gasteiger partial charge on any atom is -0.481 e. The number of piperidine rings is 1. The summed E-state index contributed by atoms with van der Waals surface area (Å²) in [6.07, 6.45) is 2.35. The maximum absolute atomic E-state index is 12.4. The van der Waals surface area contributed by atoms with Crippen LogP contribution in [0.15, 0.2) is 30.3 Å². The zero-order chi connectivity index (χ0) is 15.2. The third kappa shape index (κ3) is 4.56. The van der Waals surface area contributed by atoms with Gasteiger partial charge in [0.15, 0.2) is 0 Å². The molecule has 5 nitrogen and oxygen atoms in total. The van der Waals surface area contributed by atoms with Crippen LogP contribution in [0.3, 0.4) is 0 Å². The van der Waals surface area contributed by atoms with Crippen molar-refractivity contribution in [2.75, 3.05) is 13.1 Å². The molecule has 0 radical (unpaired) electrons. The van der Waals surface area contributed by atoms with Gasteiger partial charge in [0, 0.05) is 19.5 Å². The molecule has 0 aromatic heterocycles. The van der Waals surface area contributed by atoms with Gasteiger partial charge in [0.2, 0.25) is 5.91 Å². The van der Waals surface area contributed by atoms with Gasteiger partial charge in [-0.2, -0.15) is 0 Å². The lowest BCUT2D eigenvalue weighted by molar-refractivity contribution is -0.141. The number of aliphatic carboxylic acids is 1. The fraction of sp³-hybridized carbons (Fsp3) is 0.500. The first-order chi connectivity index (χ1) is 10.1. The molecule has 2 rings (SSSR count). The first kappa shape index (κ1) is 15.5. The Morgan fingerprint density at radius 2 is 2.05 bits per heavy atom. The van der Waals surface area contributed by atoms with E-state index in [1.165, 1.54) is 0 Å². The van der Waals surface area contributed by atoms with Gasteiger partial charge in [-0.25, -0.2) is 0 Å². The summed E-state index contributed by atoms with van der Waals surface area (Å²) in [4.78, 5) is 24.9. The van der Waals surface area contributed by atoms with E-state index in [-0.39, 0.29) is 18.2 Å². The summed E-state index contributed by atoms with van der Waals surface area (Å²) in [5, 5.41) is 8.87. The number of carbonyl (C=O) groups excluding carboxylic acids is 1. The van der Waals surface area contributed by atoms with Gasteiger partial charge in [-0.05, 0) is 30.7 Å². The number of hydrogen-bond donors (Lipinski definition) is 2. The predicted molar refractivity (Wildman–Crippen MR) is 79.7 cm³/mol. The van der Waals surface area contributed by atoms with Crippen molar-refractivity contribution in [2.45, 2.75) is 31.7 Å². The molecular formula is C16H22N2O3. The van der Waals surface area contributed by atoms with Crippen molar-refractivity contribution in [1.82, 2.24) is 4.90 Å². The molecule has 0 saturated carbocycles. The van der Waals surface area contributed by atoms with E-state index in [1.807, 2.05) is 30.3 Å². The van der Waals surface area contributed by atoms with Crippen molar-refractivity contribution in [3.8, 4) is 0 Å². The monoisotopic (exact) mass is 290 g/mol. The fourth-order valence-corrected chi connectivity index (χ4v) is 2.87. The van der Waals surface area contributed by atoms with Crippen LogP contribution in [-0.2, 0) is 16.0 Å². The molecule has 2 atom stereocenters. The molecule has 1 aromatic rings. The molecule has 1 saturated heterocycles. The fourth-order valence-electron chi connectivity index (χ4n) is 2.87. The standard InChI is InChI=1S/C16H22N2O3/c17-14(9-12-5-2-1-3-6-12)16(21)18-8-4-7-13(11-18)10-15(19)20/h1-3,5-6,13-14H,4,7-11,17H2,(H,19,20). The minimum atomic E-state index is -0.803. The van der Waals surface area contributed by atoms with Crippen LogP contribution >= 0.6 is 0 Å². The summed E-state index contributed by atoms with van der Waals surface area (Å²) in [7, 11) is 0. The van der Waals surface area contributed by atoms with Crippen molar-refractivity contribution in [2.24, 2.45) is 11.7 Å². The van der Waals surface area contributed by atoms with E-state index >= 15 is 0 Å². The minimum absolute atomic E-state index is 0.0455. The van der Waals surface area contributed by atoms with Gasteiger partial charge >= 0.3 is 5.97 Å². The Labute approximate surface area is 124 Å². The van der Waals surface area contributed by atoms with Crippen molar-refractivity contribution >= 4 is 11.9 Å². The molecule has 114 valence electrons. The maximum Gasteiger partial charge on any atom is 0.303 e. The Morgan fingerprint density at radius 1 is 1.33 bits per heavy atom. The van der Waals surface area contributed by atoms with Gasteiger partial charge in [0.1, 0.15) is 0 Å². The Hall–Kier alpha value is -1.88. The molecule has 1 aliphatic heterocycles. The summed E-state index contributed by atoms with van der Waals surface area (Å²) in [5.74, 6) is -0.832. The van der Waals surface area contributed by atoms with E-state index in [9.17, 15) is 9.59 Å². The van der Waals surface area contributed by atoms with Gasteiger partial charge in [-0.1, -0.05) is 30.3 Å². The number of hydrogen-bond acceptors (Lipinski definition) is 3. The van der Waals surface area contributed by atoms with Gasteiger partial charge in [0.25, 0.3) is 0 Å². The third-order valence-electron chi connectivity index (χ3n) is 3.91. The molecule has 1 amide bonds. The highest BCUT2D eigenvalue weighted by Crippen LogP contribution is 2.20. The summed E-state index contributed by atoms with van der Waals surface area (Å²) >= 11 is 0. The van der Waals surface area contributed by atoms with Crippen molar-refractivity contribution in [1.29, 1.82) is 0 Å². The summed E-state index contributed by atoms with van der Waals surface area (Å²) in [6, 6.07) is 9.13. The Bertz CT molecular complexity index is 490. The second kappa shape index (κ2) is 7.22. The Morgan fingerprint density at radius 3 is 2.71 bits per heavy atom. The van der Waals surface area contributed by atoms with Gasteiger partial charge < -0.3 is 15.7 Å². The number of carboxylic acid groups (broad SMARTS) is 1. The number of nitrogens with two attached hydrogens (primary N) is 1. The second-order valence-corrected chi connectivity index (χ2v) is 5.69. The van der Waals surface area contributed by atoms with Crippen LogP contribution in [0.1, 0.15) is 24.8 Å². The van der Waals surface area contributed by atoms with E-state index in [2.05, 4.69) is 0 Å². The molecule has 1 aromatic carbocycles. The number of amides is 1. The number of rotatable bonds is 5. The molecule has 1 fully saturated rings. The second-order valence-electron chi connectivity index (χ2n) is 5.69. The predicted octanol–water partition coefficient (Wildman–Crippen LogP) is 1.27. The van der Waals surface area contributed by atoms with Crippen LogP contribution in [0.5, 0.6) is 0 Å². The van der Waals surface area contributed by atoms with Gasteiger partial charge in [-0.15, -0.1) is 0 Å². The molecule has 1 aliphatic rings. The topological polar surface area (TPSA) is 83.6 Å². The molecule has 5 heteroatoms. The SMILES string of the molecule is NC(Cc1ccccc1)C(=O)N1CCCC(CC(=O)O)C1. The lowest BCUT2D eigenvalue weighted by atomic mass is 9.94. The molecule has 0 spiro atoms. The lowest BCUT2D eigenvalue weighted by Gasteiger charge is -2.33.